The lowest BCUT2D eigenvalue weighted by molar-refractivity contribution is -0.150. The summed E-state index contributed by atoms with van der Waals surface area (Å²) in [7, 11) is 3.97. The SMILES string of the molecule is C=PN[C@H](C(=O)N(C)[C@@H](C(=C)CC)[C@@H](CC(=O)OCC(C)C)OC)C(C)C. The van der Waals surface area contributed by atoms with E-state index < -0.39 is 12.1 Å². The van der Waals surface area contributed by atoms with E-state index in [9.17, 15) is 9.59 Å². The van der Waals surface area contributed by atoms with Gasteiger partial charge in [-0.3, -0.25) is 14.7 Å². The predicted octanol–water partition coefficient (Wildman–Crippen LogP) is 3.29. The Bertz CT molecular complexity index is 508. The van der Waals surface area contributed by atoms with E-state index in [4.69, 9.17) is 9.47 Å². The number of methoxy groups -OCH3 is 1. The number of nitrogens with zero attached hydrogens (tertiary/aromatic N) is 1. The molecule has 0 saturated heterocycles. The number of ether oxygens (including phenoxy) is 2. The van der Waals surface area contributed by atoms with Crippen LogP contribution in [0.25, 0.3) is 0 Å². The number of nitrogens with one attached hydrogen (secondary N) is 1. The van der Waals surface area contributed by atoms with Crippen LogP contribution >= 0.6 is 8.35 Å². The van der Waals surface area contributed by atoms with Gasteiger partial charge in [0.05, 0.1) is 31.2 Å². The van der Waals surface area contributed by atoms with Gasteiger partial charge in [0.15, 0.2) is 0 Å². The minimum absolute atomic E-state index is 0.0673. The fourth-order valence-electron chi connectivity index (χ4n) is 2.75. The first-order valence-corrected chi connectivity index (χ1v) is 10.5. The van der Waals surface area contributed by atoms with Crippen molar-refractivity contribution in [2.24, 2.45) is 11.8 Å². The molecule has 0 aromatic carbocycles. The minimum Gasteiger partial charge on any atom is -0.465 e. The number of esters is 1. The molecular formula is C20H37N2O4P. The van der Waals surface area contributed by atoms with Gasteiger partial charge in [0.2, 0.25) is 5.91 Å². The average molecular weight is 401 g/mol. The van der Waals surface area contributed by atoms with Crippen LogP contribution < -0.4 is 5.09 Å². The summed E-state index contributed by atoms with van der Waals surface area (Å²) < 4.78 is 10.9. The summed E-state index contributed by atoms with van der Waals surface area (Å²) >= 11 is 0. The quantitative estimate of drug-likeness (QED) is 0.292. The molecular weight excluding hydrogens is 363 g/mol. The lowest BCUT2D eigenvalue weighted by Gasteiger charge is -2.37. The zero-order chi connectivity index (χ0) is 21.1. The molecule has 3 atom stereocenters. The van der Waals surface area contributed by atoms with Crippen molar-refractivity contribution in [3.8, 4) is 0 Å². The van der Waals surface area contributed by atoms with Gasteiger partial charge in [-0.15, -0.1) is 0 Å². The first-order chi connectivity index (χ1) is 12.6. The second kappa shape index (κ2) is 13.0. The Morgan fingerprint density at radius 1 is 1.22 bits per heavy atom. The number of rotatable bonds is 13. The van der Waals surface area contributed by atoms with E-state index in [1.807, 2.05) is 34.6 Å². The summed E-state index contributed by atoms with van der Waals surface area (Å²) in [5, 5.41) is 3.11. The topological polar surface area (TPSA) is 67.9 Å². The lowest BCUT2D eigenvalue weighted by atomic mass is 9.95. The molecule has 156 valence electrons. The highest BCUT2D eigenvalue weighted by atomic mass is 31.1. The van der Waals surface area contributed by atoms with E-state index in [-0.39, 0.29) is 36.2 Å². The first kappa shape index (κ1) is 25.8. The highest BCUT2D eigenvalue weighted by molar-refractivity contribution is 7.34. The standard InChI is InChI=1S/C20H37N2O4P/c1-10-15(6)19(16(25-8)11-17(23)26-12-13(2)3)22(7)20(24)18(14(4)5)21-27-9/h13-14,16,18-19,21H,6,9-12H2,1-5,7-8H3/t16-,18+,19+/m1/s1. The van der Waals surface area contributed by atoms with E-state index in [2.05, 4.69) is 18.0 Å². The van der Waals surface area contributed by atoms with Gasteiger partial charge in [-0.2, -0.15) is 0 Å². The van der Waals surface area contributed by atoms with Crippen LogP contribution in [0, 0.1) is 11.8 Å². The summed E-state index contributed by atoms with van der Waals surface area (Å²) in [6, 6.07) is -0.782. The van der Waals surface area contributed by atoms with Gasteiger partial charge in [-0.05, 0) is 26.6 Å². The molecule has 0 aromatic rings. The second-order valence-corrected chi connectivity index (χ2v) is 8.04. The van der Waals surface area contributed by atoms with Crippen LogP contribution in [0.15, 0.2) is 12.2 Å². The fraction of sp³-hybridized carbons (Fsp3) is 0.750. The Balaban J connectivity index is 5.47. The molecule has 0 aliphatic carbocycles. The normalized spacial score (nSPS) is 14.9. The van der Waals surface area contributed by atoms with Crippen LogP contribution in [0.3, 0.4) is 0 Å². The Labute approximate surface area is 166 Å². The van der Waals surface area contributed by atoms with Crippen molar-refractivity contribution in [1.29, 1.82) is 0 Å². The number of likely N-dealkylation sites (N-methyl/N-ethyl adjacent to an activating group) is 1. The van der Waals surface area contributed by atoms with E-state index in [0.717, 1.165) is 5.57 Å². The van der Waals surface area contributed by atoms with Crippen molar-refractivity contribution in [3.05, 3.63) is 12.2 Å². The number of carbonyl (C=O) groups excluding carboxylic acids is 2. The maximum Gasteiger partial charge on any atom is 0.308 e. The van der Waals surface area contributed by atoms with Crippen molar-refractivity contribution < 1.29 is 19.1 Å². The van der Waals surface area contributed by atoms with Gasteiger partial charge in [0.1, 0.15) is 0 Å². The third kappa shape index (κ3) is 8.54. The molecule has 0 rings (SSSR count). The van der Waals surface area contributed by atoms with Crippen molar-refractivity contribution >= 4 is 26.5 Å². The molecule has 0 aromatic heterocycles. The maximum atomic E-state index is 13.1. The van der Waals surface area contributed by atoms with Crippen LogP contribution in [0.1, 0.15) is 47.5 Å². The van der Waals surface area contributed by atoms with Gasteiger partial charge >= 0.3 is 5.97 Å². The Hall–Kier alpha value is -1.23. The molecule has 0 fully saturated rings. The van der Waals surface area contributed by atoms with Crippen molar-refractivity contribution in [2.45, 2.75) is 65.6 Å². The van der Waals surface area contributed by atoms with Gasteiger partial charge in [0.25, 0.3) is 0 Å². The molecule has 0 unspecified atom stereocenters. The van der Waals surface area contributed by atoms with E-state index >= 15 is 0 Å². The molecule has 0 heterocycles. The van der Waals surface area contributed by atoms with Crippen LogP contribution in [0.2, 0.25) is 0 Å². The molecule has 7 heteroatoms. The minimum atomic E-state index is -0.517. The molecule has 0 saturated carbocycles. The van der Waals surface area contributed by atoms with Crippen LogP contribution in [-0.2, 0) is 19.1 Å². The summed E-state index contributed by atoms with van der Waals surface area (Å²) in [6.45, 7) is 14.4. The maximum absolute atomic E-state index is 13.1. The highest BCUT2D eigenvalue weighted by Crippen LogP contribution is 2.22. The molecule has 0 bridgehead atoms. The van der Waals surface area contributed by atoms with Gasteiger partial charge in [0, 0.05) is 14.2 Å². The summed E-state index contributed by atoms with van der Waals surface area (Å²) in [5.74, 6) is -0.0412. The summed E-state index contributed by atoms with van der Waals surface area (Å²) in [4.78, 5) is 26.9. The summed E-state index contributed by atoms with van der Waals surface area (Å²) in [5.41, 5.74) is 0.837. The zero-order valence-electron chi connectivity index (χ0n) is 17.9. The predicted molar refractivity (Wildman–Crippen MR) is 113 cm³/mol. The smallest absolute Gasteiger partial charge is 0.308 e. The first-order valence-electron chi connectivity index (χ1n) is 9.44. The van der Waals surface area contributed by atoms with Gasteiger partial charge in [-0.25, -0.2) is 0 Å². The van der Waals surface area contributed by atoms with Crippen molar-refractivity contribution in [1.82, 2.24) is 9.99 Å². The second-order valence-electron chi connectivity index (χ2n) is 7.47. The van der Waals surface area contributed by atoms with Gasteiger partial charge in [-0.1, -0.05) is 53.1 Å². The molecule has 0 spiro atoms. The summed E-state index contributed by atoms with van der Waals surface area (Å²) in [6.07, 6.45) is 3.98. The Morgan fingerprint density at radius 2 is 1.81 bits per heavy atom. The third-order valence-electron chi connectivity index (χ3n) is 4.40. The molecule has 1 amide bonds. The molecule has 6 nitrogen and oxygen atoms in total. The lowest BCUT2D eigenvalue weighted by Crippen LogP contribution is -2.53. The van der Waals surface area contributed by atoms with Crippen LogP contribution in [0.4, 0.5) is 0 Å². The molecule has 0 aliphatic heterocycles. The molecule has 0 aliphatic rings. The van der Waals surface area contributed by atoms with Crippen LogP contribution in [0.5, 0.6) is 0 Å². The monoisotopic (exact) mass is 400 g/mol. The number of amides is 1. The largest absolute Gasteiger partial charge is 0.465 e. The molecule has 0 radical (unpaired) electrons. The zero-order valence-corrected chi connectivity index (χ0v) is 18.8. The Morgan fingerprint density at radius 3 is 2.22 bits per heavy atom. The van der Waals surface area contributed by atoms with Crippen LogP contribution in [-0.4, -0.2) is 62.0 Å². The average Bonchev–Trinajstić information content (AvgIpc) is 2.62. The number of hydrogen-bond donors (Lipinski definition) is 1. The van der Waals surface area contributed by atoms with E-state index in [1.165, 1.54) is 0 Å². The molecule has 1 N–H and O–H groups in total. The van der Waals surface area contributed by atoms with Crippen molar-refractivity contribution in [3.63, 3.8) is 0 Å². The highest BCUT2D eigenvalue weighted by Gasteiger charge is 2.35. The van der Waals surface area contributed by atoms with Gasteiger partial charge < -0.3 is 14.4 Å². The van der Waals surface area contributed by atoms with E-state index in [0.29, 0.717) is 21.4 Å². The number of carbonyl (C=O) groups is 2. The third-order valence-corrected chi connectivity index (χ3v) is 4.86. The van der Waals surface area contributed by atoms with E-state index in [1.54, 1.807) is 19.1 Å². The molecule has 27 heavy (non-hydrogen) atoms. The Kier molecular flexibility index (Phi) is 12.4. The number of hydrogen-bond acceptors (Lipinski definition) is 5. The fourth-order valence-corrected chi connectivity index (χ4v) is 3.35. The van der Waals surface area contributed by atoms with Crippen molar-refractivity contribution in [2.75, 3.05) is 20.8 Å².